The Morgan fingerprint density at radius 1 is 1.21 bits per heavy atom. The first-order chi connectivity index (χ1) is 11.8. The maximum absolute atomic E-state index is 12.0. The zero-order valence-electron chi connectivity index (χ0n) is 13.7. The minimum atomic E-state index is 0.318. The van der Waals surface area contributed by atoms with Crippen molar-refractivity contribution < 1.29 is 9.32 Å². The van der Waals surface area contributed by atoms with Crippen molar-refractivity contribution in [2.75, 3.05) is 19.6 Å². The summed E-state index contributed by atoms with van der Waals surface area (Å²) in [6.07, 6.45) is 5.70. The van der Waals surface area contributed by atoms with Crippen molar-refractivity contribution in [1.29, 1.82) is 0 Å². The molecular formula is C18H22N4O2. The maximum atomic E-state index is 12.0. The van der Waals surface area contributed by atoms with E-state index in [1.165, 1.54) is 0 Å². The van der Waals surface area contributed by atoms with Crippen LogP contribution in [-0.2, 0) is 11.3 Å². The van der Waals surface area contributed by atoms with Crippen LogP contribution in [0.4, 0.5) is 0 Å². The second kappa shape index (κ2) is 6.73. The molecule has 1 amide bonds. The molecule has 2 saturated heterocycles. The number of pyridine rings is 1. The summed E-state index contributed by atoms with van der Waals surface area (Å²) in [6, 6.07) is 8.08. The lowest BCUT2D eigenvalue weighted by molar-refractivity contribution is -0.130. The van der Waals surface area contributed by atoms with Crippen LogP contribution in [0.25, 0.3) is 11.4 Å². The van der Waals surface area contributed by atoms with E-state index in [0.29, 0.717) is 18.4 Å². The Morgan fingerprint density at radius 3 is 2.96 bits per heavy atom. The molecule has 0 radical (unpaired) electrons. The molecule has 1 atom stereocenters. The Labute approximate surface area is 141 Å². The van der Waals surface area contributed by atoms with Crippen LogP contribution in [0.5, 0.6) is 0 Å². The number of carbonyl (C=O) groups is 1. The second-order valence-corrected chi connectivity index (χ2v) is 6.62. The van der Waals surface area contributed by atoms with Crippen molar-refractivity contribution in [2.45, 2.75) is 38.3 Å². The van der Waals surface area contributed by atoms with Gasteiger partial charge in [0.05, 0.1) is 12.2 Å². The quantitative estimate of drug-likeness (QED) is 0.863. The molecular weight excluding hydrogens is 304 g/mol. The standard InChI is InChI=1S/C18H22N4O2/c23-18-7-4-10-22(18)14-5-3-9-21(12-14)13-15-11-17(20-24-15)16-6-1-2-8-19-16/h1-2,6,8,11,14H,3-5,7,9-10,12-13H2/t14-/m1/s1. The number of piperidine rings is 1. The van der Waals surface area contributed by atoms with Crippen LogP contribution in [-0.4, -0.2) is 51.5 Å². The minimum absolute atomic E-state index is 0.318. The first kappa shape index (κ1) is 15.3. The van der Waals surface area contributed by atoms with Gasteiger partial charge >= 0.3 is 0 Å². The van der Waals surface area contributed by atoms with Gasteiger partial charge in [0.2, 0.25) is 5.91 Å². The average Bonchev–Trinajstić information content (AvgIpc) is 3.25. The van der Waals surface area contributed by atoms with Crippen molar-refractivity contribution in [3.8, 4) is 11.4 Å². The van der Waals surface area contributed by atoms with Gasteiger partial charge in [0, 0.05) is 37.8 Å². The average molecular weight is 326 g/mol. The largest absolute Gasteiger partial charge is 0.359 e. The second-order valence-electron chi connectivity index (χ2n) is 6.62. The van der Waals surface area contributed by atoms with Gasteiger partial charge in [0.15, 0.2) is 5.76 Å². The molecule has 0 bridgehead atoms. The van der Waals surface area contributed by atoms with Gasteiger partial charge in [-0.15, -0.1) is 0 Å². The first-order valence-electron chi connectivity index (χ1n) is 8.68. The number of likely N-dealkylation sites (tertiary alicyclic amines) is 2. The van der Waals surface area contributed by atoms with Gasteiger partial charge in [-0.25, -0.2) is 0 Å². The number of amides is 1. The Morgan fingerprint density at radius 2 is 2.17 bits per heavy atom. The van der Waals surface area contributed by atoms with Crippen molar-refractivity contribution in [2.24, 2.45) is 0 Å². The Kier molecular flexibility index (Phi) is 4.30. The van der Waals surface area contributed by atoms with E-state index in [1.807, 2.05) is 24.3 Å². The minimum Gasteiger partial charge on any atom is -0.359 e. The molecule has 2 aliphatic heterocycles. The molecule has 2 aromatic heterocycles. The van der Waals surface area contributed by atoms with Crippen molar-refractivity contribution in [3.05, 3.63) is 36.2 Å². The van der Waals surface area contributed by atoms with E-state index in [2.05, 4.69) is 19.9 Å². The van der Waals surface area contributed by atoms with Gasteiger partial charge in [-0.3, -0.25) is 14.7 Å². The SMILES string of the molecule is O=C1CCCN1[C@@H]1CCCN(Cc2cc(-c3ccccn3)no2)C1. The predicted molar refractivity (Wildman–Crippen MR) is 89.0 cm³/mol. The van der Waals surface area contributed by atoms with Crippen LogP contribution in [0.15, 0.2) is 35.0 Å². The third kappa shape index (κ3) is 3.19. The predicted octanol–water partition coefficient (Wildman–Crippen LogP) is 2.32. The molecule has 0 aliphatic carbocycles. The van der Waals surface area contributed by atoms with Crippen LogP contribution >= 0.6 is 0 Å². The van der Waals surface area contributed by atoms with Crippen LogP contribution < -0.4 is 0 Å². The summed E-state index contributed by atoms with van der Waals surface area (Å²) in [6.45, 7) is 3.62. The summed E-state index contributed by atoms with van der Waals surface area (Å²) < 4.78 is 5.49. The maximum Gasteiger partial charge on any atom is 0.222 e. The highest BCUT2D eigenvalue weighted by Gasteiger charge is 2.31. The van der Waals surface area contributed by atoms with Crippen molar-refractivity contribution in [1.82, 2.24) is 19.9 Å². The molecule has 2 fully saturated rings. The third-order valence-electron chi connectivity index (χ3n) is 4.90. The molecule has 0 saturated carbocycles. The molecule has 0 spiro atoms. The molecule has 0 unspecified atom stereocenters. The molecule has 0 aromatic carbocycles. The molecule has 2 aromatic rings. The summed E-state index contributed by atoms with van der Waals surface area (Å²) in [4.78, 5) is 20.7. The van der Waals surface area contributed by atoms with E-state index in [1.54, 1.807) is 6.20 Å². The molecule has 2 aliphatic rings. The fourth-order valence-electron chi connectivity index (χ4n) is 3.73. The van der Waals surface area contributed by atoms with Gasteiger partial charge in [-0.2, -0.15) is 0 Å². The molecule has 4 heterocycles. The highest BCUT2D eigenvalue weighted by molar-refractivity contribution is 5.78. The van der Waals surface area contributed by atoms with Crippen LogP contribution in [0.2, 0.25) is 0 Å². The summed E-state index contributed by atoms with van der Waals surface area (Å²) >= 11 is 0. The lowest BCUT2D eigenvalue weighted by atomic mass is 10.0. The zero-order valence-corrected chi connectivity index (χ0v) is 13.7. The first-order valence-corrected chi connectivity index (χ1v) is 8.68. The Bertz CT molecular complexity index is 700. The molecule has 24 heavy (non-hydrogen) atoms. The normalized spacial score (nSPS) is 22.2. The van der Waals surface area contributed by atoms with Gasteiger partial charge in [0.25, 0.3) is 0 Å². The van der Waals surface area contributed by atoms with E-state index in [-0.39, 0.29) is 0 Å². The van der Waals surface area contributed by atoms with Crippen molar-refractivity contribution >= 4 is 5.91 Å². The fraction of sp³-hybridized carbons (Fsp3) is 0.500. The zero-order chi connectivity index (χ0) is 16.4. The fourth-order valence-corrected chi connectivity index (χ4v) is 3.73. The van der Waals surface area contributed by atoms with Gasteiger partial charge < -0.3 is 9.42 Å². The number of carbonyl (C=O) groups excluding carboxylic acids is 1. The van der Waals surface area contributed by atoms with Crippen LogP contribution in [0, 0.1) is 0 Å². The van der Waals surface area contributed by atoms with Crippen LogP contribution in [0.1, 0.15) is 31.4 Å². The molecule has 126 valence electrons. The monoisotopic (exact) mass is 326 g/mol. The number of aromatic nitrogens is 2. The Hall–Kier alpha value is -2.21. The number of hydrogen-bond acceptors (Lipinski definition) is 5. The van der Waals surface area contributed by atoms with Gasteiger partial charge in [0.1, 0.15) is 5.69 Å². The topological polar surface area (TPSA) is 62.5 Å². The van der Waals surface area contributed by atoms with E-state index < -0.39 is 0 Å². The van der Waals surface area contributed by atoms with Crippen LogP contribution in [0.3, 0.4) is 0 Å². The third-order valence-corrected chi connectivity index (χ3v) is 4.90. The summed E-state index contributed by atoms with van der Waals surface area (Å²) in [7, 11) is 0. The van der Waals surface area contributed by atoms with E-state index >= 15 is 0 Å². The highest BCUT2D eigenvalue weighted by Crippen LogP contribution is 2.23. The number of rotatable bonds is 4. The van der Waals surface area contributed by atoms with E-state index in [4.69, 9.17) is 4.52 Å². The Balaban J connectivity index is 1.40. The van der Waals surface area contributed by atoms with Gasteiger partial charge in [-0.05, 0) is 37.9 Å². The lowest BCUT2D eigenvalue weighted by Crippen LogP contribution is -2.48. The summed E-state index contributed by atoms with van der Waals surface area (Å²) in [5.41, 5.74) is 1.60. The summed E-state index contributed by atoms with van der Waals surface area (Å²) in [5.74, 6) is 1.17. The number of nitrogens with zero attached hydrogens (tertiary/aromatic N) is 4. The molecule has 0 N–H and O–H groups in total. The molecule has 6 heteroatoms. The lowest BCUT2D eigenvalue weighted by Gasteiger charge is -2.37. The summed E-state index contributed by atoms with van der Waals surface area (Å²) in [5, 5.41) is 4.13. The van der Waals surface area contributed by atoms with Crippen molar-refractivity contribution in [3.63, 3.8) is 0 Å². The van der Waals surface area contributed by atoms with Gasteiger partial charge in [-0.1, -0.05) is 11.2 Å². The highest BCUT2D eigenvalue weighted by atomic mass is 16.5. The molecule has 6 nitrogen and oxygen atoms in total. The number of hydrogen-bond donors (Lipinski definition) is 0. The van der Waals surface area contributed by atoms with E-state index in [9.17, 15) is 4.79 Å². The smallest absolute Gasteiger partial charge is 0.222 e. The van der Waals surface area contributed by atoms with E-state index in [0.717, 1.165) is 62.6 Å². The molecule has 4 rings (SSSR count).